The number of H-pyrrole nitrogens is 1. The zero-order valence-corrected chi connectivity index (χ0v) is 11.9. The second-order valence-electron chi connectivity index (χ2n) is 4.28. The average molecular weight is 304 g/mol. The molecule has 0 atom stereocenters. The Balaban J connectivity index is 1.82. The van der Waals surface area contributed by atoms with Crippen molar-refractivity contribution >= 4 is 46.0 Å². The van der Waals surface area contributed by atoms with Crippen LogP contribution in [0.4, 0.5) is 5.69 Å². The van der Waals surface area contributed by atoms with Crippen LogP contribution >= 0.6 is 23.2 Å². The normalized spacial score (nSPS) is 11.3. The molecule has 0 aliphatic heterocycles. The lowest BCUT2D eigenvalue weighted by atomic mass is 10.2. The Morgan fingerprint density at radius 2 is 1.95 bits per heavy atom. The first kappa shape index (κ1) is 13.0. The summed E-state index contributed by atoms with van der Waals surface area (Å²) in [6, 6.07) is 13.2. The quantitative estimate of drug-likeness (QED) is 0.523. The van der Waals surface area contributed by atoms with Crippen molar-refractivity contribution in [3.8, 4) is 0 Å². The highest BCUT2D eigenvalue weighted by molar-refractivity contribution is 6.35. The van der Waals surface area contributed by atoms with Crippen LogP contribution in [0.1, 0.15) is 5.56 Å². The third-order valence-corrected chi connectivity index (χ3v) is 3.50. The molecule has 2 N–H and O–H groups in total. The zero-order valence-electron chi connectivity index (χ0n) is 10.4. The highest BCUT2D eigenvalue weighted by Crippen LogP contribution is 2.25. The van der Waals surface area contributed by atoms with E-state index >= 15 is 0 Å². The molecule has 3 nitrogen and oxygen atoms in total. The lowest BCUT2D eigenvalue weighted by Crippen LogP contribution is -1.91. The Bertz CT molecular complexity index is 778. The third-order valence-electron chi connectivity index (χ3n) is 2.94. The Morgan fingerprint density at radius 1 is 1.10 bits per heavy atom. The van der Waals surface area contributed by atoms with Crippen LogP contribution in [0.5, 0.6) is 0 Å². The summed E-state index contributed by atoms with van der Waals surface area (Å²) in [4.78, 5) is 3.19. The van der Waals surface area contributed by atoms with Crippen molar-refractivity contribution in [2.75, 3.05) is 5.43 Å². The molecule has 1 heterocycles. The SMILES string of the molecule is Clc1ccc(Cl)c(N/N=C\c2c[nH]c3ccccc23)c1. The maximum atomic E-state index is 6.05. The number of rotatable bonds is 3. The van der Waals surface area contributed by atoms with Crippen LogP contribution in [0.2, 0.25) is 10.0 Å². The van der Waals surface area contributed by atoms with Crippen LogP contribution in [0.25, 0.3) is 10.9 Å². The van der Waals surface area contributed by atoms with Crippen molar-refractivity contribution in [2.45, 2.75) is 0 Å². The summed E-state index contributed by atoms with van der Waals surface area (Å²) in [5.74, 6) is 0. The molecular formula is C15H11Cl2N3. The molecule has 3 aromatic rings. The van der Waals surface area contributed by atoms with Crippen molar-refractivity contribution in [1.82, 2.24) is 4.98 Å². The molecule has 0 aliphatic rings. The van der Waals surface area contributed by atoms with Crippen LogP contribution in [-0.2, 0) is 0 Å². The average Bonchev–Trinajstić information content (AvgIpc) is 2.86. The minimum atomic E-state index is 0.575. The van der Waals surface area contributed by atoms with Gasteiger partial charge in [-0.3, -0.25) is 5.43 Å². The number of aromatic amines is 1. The number of nitrogens with one attached hydrogen (secondary N) is 2. The summed E-state index contributed by atoms with van der Waals surface area (Å²) in [7, 11) is 0. The molecule has 0 saturated carbocycles. The standard InChI is InChI=1S/C15H11Cl2N3/c16-11-5-6-13(17)15(7-11)20-19-9-10-8-18-14-4-2-1-3-12(10)14/h1-9,18,20H/b19-9-. The highest BCUT2D eigenvalue weighted by atomic mass is 35.5. The fourth-order valence-corrected chi connectivity index (χ4v) is 2.29. The van der Waals surface area contributed by atoms with Crippen LogP contribution in [-0.4, -0.2) is 11.2 Å². The molecule has 0 saturated heterocycles. The largest absolute Gasteiger partial charge is 0.361 e. The number of hydrazone groups is 1. The molecule has 0 aliphatic carbocycles. The van der Waals surface area contributed by atoms with Crippen LogP contribution < -0.4 is 5.43 Å². The van der Waals surface area contributed by atoms with E-state index in [1.807, 2.05) is 30.5 Å². The van der Waals surface area contributed by atoms with E-state index in [1.165, 1.54) is 0 Å². The van der Waals surface area contributed by atoms with E-state index in [-0.39, 0.29) is 0 Å². The zero-order chi connectivity index (χ0) is 13.9. The van der Waals surface area contributed by atoms with Crippen LogP contribution in [0.15, 0.2) is 53.8 Å². The minimum absolute atomic E-state index is 0.575. The van der Waals surface area contributed by atoms with Gasteiger partial charge in [0.2, 0.25) is 0 Å². The highest BCUT2D eigenvalue weighted by Gasteiger charge is 2.01. The monoisotopic (exact) mass is 303 g/mol. The van der Waals surface area contributed by atoms with Crippen molar-refractivity contribution < 1.29 is 0 Å². The molecule has 0 radical (unpaired) electrons. The number of aromatic nitrogens is 1. The summed E-state index contributed by atoms with van der Waals surface area (Å²) in [6.45, 7) is 0. The van der Waals surface area contributed by atoms with Gasteiger partial charge in [-0.15, -0.1) is 0 Å². The molecule has 0 bridgehead atoms. The maximum absolute atomic E-state index is 6.05. The summed E-state index contributed by atoms with van der Waals surface area (Å²) >= 11 is 12.0. The predicted molar refractivity (Wildman–Crippen MR) is 86.0 cm³/mol. The number of hydrogen-bond acceptors (Lipinski definition) is 2. The Kier molecular flexibility index (Phi) is 3.63. The fourth-order valence-electron chi connectivity index (χ4n) is 1.96. The maximum Gasteiger partial charge on any atom is 0.0762 e. The van der Waals surface area contributed by atoms with Crippen molar-refractivity contribution in [3.63, 3.8) is 0 Å². The van der Waals surface area contributed by atoms with Crippen LogP contribution in [0.3, 0.4) is 0 Å². The van der Waals surface area contributed by atoms with Gasteiger partial charge in [-0.2, -0.15) is 5.10 Å². The number of halogens is 2. The number of fused-ring (bicyclic) bond motifs is 1. The third kappa shape index (κ3) is 2.64. The molecule has 1 aromatic heterocycles. The Labute approximate surface area is 126 Å². The molecule has 5 heteroatoms. The first-order valence-electron chi connectivity index (χ1n) is 6.04. The predicted octanol–water partition coefficient (Wildman–Crippen LogP) is 4.92. The molecular weight excluding hydrogens is 293 g/mol. The van der Waals surface area contributed by atoms with E-state index in [1.54, 1.807) is 24.4 Å². The van der Waals surface area contributed by atoms with Gasteiger partial charge in [0.25, 0.3) is 0 Å². The fraction of sp³-hybridized carbons (Fsp3) is 0. The lowest BCUT2D eigenvalue weighted by Gasteiger charge is -2.03. The van der Waals surface area contributed by atoms with Gasteiger partial charge in [0, 0.05) is 27.7 Å². The van der Waals surface area contributed by atoms with Gasteiger partial charge in [-0.25, -0.2) is 0 Å². The molecule has 3 rings (SSSR count). The molecule has 0 spiro atoms. The van der Waals surface area contributed by atoms with Gasteiger partial charge < -0.3 is 4.98 Å². The second-order valence-corrected chi connectivity index (χ2v) is 5.13. The molecule has 0 amide bonds. The lowest BCUT2D eigenvalue weighted by molar-refractivity contribution is 1.35. The van der Waals surface area contributed by atoms with Gasteiger partial charge in [0.05, 0.1) is 16.9 Å². The summed E-state index contributed by atoms with van der Waals surface area (Å²) in [5, 5.41) is 6.50. The van der Waals surface area contributed by atoms with E-state index in [0.29, 0.717) is 15.7 Å². The molecule has 2 aromatic carbocycles. The van der Waals surface area contributed by atoms with E-state index in [4.69, 9.17) is 23.2 Å². The smallest absolute Gasteiger partial charge is 0.0762 e. The van der Waals surface area contributed by atoms with Gasteiger partial charge >= 0.3 is 0 Å². The first-order valence-corrected chi connectivity index (χ1v) is 6.80. The second kappa shape index (κ2) is 5.57. The van der Waals surface area contributed by atoms with Gasteiger partial charge in [0.15, 0.2) is 0 Å². The van der Waals surface area contributed by atoms with Crippen molar-refractivity contribution in [2.24, 2.45) is 5.10 Å². The molecule has 20 heavy (non-hydrogen) atoms. The van der Waals surface area contributed by atoms with Crippen molar-refractivity contribution in [3.05, 3.63) is 64.3 Å². The number of benzene rings is 2. The number of anilines is 1. The van der Waals surface area contributed by atoms with E-state index in [2.05, 4.69) is 15.5 Å². The first-order chi connectivity index (χ1) is 9.74. The van der Waals surface area contributed by atoms with Gasteiger partial charge in [-0.1, -0.05) is 41.4 Å². The number of para-hydroxylation sites is 1. The van der Waals surface area contributed by atoms with E-state index in [0.717, 1.165) is 16.5 Å². The van der Waals surface area contributed by atoms with Gasteiger partial charge in [-0.05, 0) is 24.3 Å². The van der Waals surface area contributed by atoms with Gasteiger partial charge in [0.1, 0.15) is 0 Å². The Hall–Kier alpha value is -1.97. The summed E-state index contributed by atoms with van der Waals surface area (Å²) in [6.07, 6.45) is 3.66. The minimum Gasteiger partial charge on any atom is -0.361 e. The van der Waals surface area contributed by atoms with Crippen LogP contribution in [0, 0.1) is 0 Å². The van der Waals surface area contributed by atoms with E-state index < -0.39 is 0 Å². The van der Waals surface area contributed by atoms with E-state index in [9.17, 15) is 0 Å². The summed E-state index contributed by atoms with van der Waals surface area (Å²) in [5.41, 5.74) is 5.66. The number of nitrogens with zero attached hydrogens (tertiary/aromatic N) is 1. The van der Waals surface area contributed by atoms with Crippen molar-refractivity contribution in [1.29, 1.82) is 0 Å². The summed E-state index contributed by atoms with van der Waals surface area (Å²) < 4.78 is 0. The number of hydrogen-bond donors (Lipinski definition) is 2. The molecule has 0 fully saturated rings. The molecule has 100 valence electrons. The Morgan fingerprint density at radius 3 is 2.85 bits per heavy atom. The molecule has 0 unspecified atom stereocenters. The topological polar surface area (TPSA) is 40.2 Å².